The van der Waals surface area contributed by atoms with Gasteiger partial charge in [0.25, 0.3) is 0 Å². The molecule has 0 aromatic rings. The molecule has 0 radical (unpaired) electrons. The highest BCUT2D eigenvalue weighted by Gasteiger charge is 2.32. The highest BCUT2D eigenvalue weighted by atomic mass is 16.5. The Morgan fingerprint density at radius 3 is 2.79 bits per heavy atom. The second-order valence-electron chi connectivity index (χ2n) is 6.73. The zero-order chi connectivity index (χ0) is 12.9. The molecule has 0 aromatic heterocycles. The van der Waals surface area contributed by atoms with E-state index >= 15 is 0 Å². The zero-order valence-corrected chi connectivity index (χ0v) is 12.2. The Bertz CT molecular complexity index is 259. The van der Waals surface area contributed by atoms with Crippen LogP contribution < -0.4 is 10.6 Å². The predicted octanol–water partition coefficient (Wildman–Crippen LogP) is 2.31. The van der Waals surface area contributed by atoms with Gasteiger partial charge in [-0.15, -0.1) is 0 Å². The molecule has 0 aromatic carbocycles. The molecule has 19 heavy (non-hydrogen) atoms. The molecule has 3 heteroatoms. The minimum Gasteiger partial charge on any atom is -0.381 e. The van der Waals surface area contributed by atoms with Crippen molar-refractivity contribution in [2.45, 2.75) is 63.5 Å². The highest BCUT2D eigenvalue weighted by Crippen LogP contribution is 2.30. The van der Waals surface area contributed by atoms with Crippen LogP contribution >= 0.6 is 0 Å². The zero-order valence-electron chi connectivity index (χ0n) is 12.2. The molecule has 3 nitrogen and oxygen atoms in total. The van der Waals surface area contributed by atoms with Gasteiger partial charge in [0.15, 0.2) is 0 Å². The van der Waals surface area contributed by atoms with Crippen LogP contribution in [0, 0.1) is 11.8 Å². The van der Waals surface area contributed by atoms with E-state index in [2.05, 4.69) is 10.6 Å². The molecule has 3 rings (SSSR count). The van der Waals surface area contributed by atoms with Crippen molar-refractivity contribution in [1.29, 1.82) is 0 Å². The first-order valence-electron chi connectivity index (χ1n) is 8.48. The molecule has 2 N–H and O–H groups in total. The maximum atomic E-state index is 5.46. The molecule has 1 aliphatic carbocycles. The van der Waals surface area contributed by atoms with Crippen LogP contribution in [0.1, 0.15) is 51.4 Å². The van der Waals surface area contributed by atoms with Crippen molar-refractivity contribution in [3.63, 3.8) is 0 Å². The average Bonchev–Trinajstić information content (AvgIpc) is 3.12. The highest BCUT2D eigenvalue weighted by molar-refractivity contribution is 4.91. The van der Waals surface area contributed by atoms with Gasteiger partial charge in [-0.1, -0.05) is 12.8 Å². The summed E-state index contributed by atoms with van der Waals surface area (Å²) in [5.74, 6) is 1.70. The average molecular weight is 266 g/mol. The van der Waals surface area contributed by atoms with Gasteiger partial charge in [-0.2, -0.15) is 0 Å². The van der Waals surface area contributed by atoms with Gasteiger partial charge in [0.1, 0.15) is 0 Å². The van der Waals surface area contributed by atoms with E-state index in [9.17, 15) is 0 Å². The molecular formula is C16H30N2O. The van der Waals surface area contributed by atoms with Crippen LogP contribution in [0.25, 0.3) is 0 Å². The molecule has 0 bridgehead atoms. The SMILES string of the molecule is C1CNC(C2CCCCC2NCCC2CCOC2)C1. The van der Waals surface area contributed by atoms with Crippen molar-refractivity contribution in [3.05, 3.63) is 0 Å². The number of nitrogens with one attached hydrogen (secondary N) is 2. The molecule has 3 aliphatic rings. The van der Waals surface area contributed by atoms with Crippen LogP contribution in [0.3, 0.4) is 0 Å². The second-order valence-corrected chi connectivity index (χ2v) is 6.73. The van der Waals surface area contributed by atoms with E-state index in [4.69, 9.17) is 4.74 Å². The number of hydrogen-bond acceptors (Lipinski definition) is 3. The smallest absolute Gasteiger partial charge is 0.0495 e. The largest absolute Gasteiger partial charge is 0.381 e. The fraction of sp³-hybridized carbons (Fsp3) is 1.00. The third kappa shape index (κ3) is 3.71. The van der Waals surface area contributed by atoms with Gasteiger partial charge in [0, 0.05) is 25.3 Å². The van der Waals surface area contributed by atoms with E-state index in [1.54, 1.807) is 0 Å². The lowest BCUT2D eigenvalue weighted by molar-refractivity contribution is 0.181. The van der Waals surface area contributed by atoms with Crippen molar-refractivity contribution in [3.8, 4) is 0 Å². The van der Waals surface area contributed by atoms with Crippen molar-refractivity contribution in [2.24, 2.45) is 11.8 Å². The summed E-state index contributed by atoms with van der Waals surface area (Å²) in [4.78, 5) is 0. The lowest BCUT2D eigenvalue weighted by atomic mass is 9.79. The molecule has 4 atom stereocenters. The van der Waals surface area contributed by atoms with Crippen molar-refractivity contribution < 1.29 is 4.74 Å². The summed E-state index contributed by atoms with van der Waals surface area (Å²) < 4.78 is 5.46. The van der Waals surface area contributed by atoms with Crippen LogP contribution in [0.5, 0.6) is 0 Å². The molecule has 2 saturated heterocycles. The summed E-state index contributed by atoms with van der Waals surface area (Å²) in [6.07, 6.45) is 11.1. The number of ether oxygens (including phenoxy) is 1. The van der Waals surface area contributed by atoms with Crippen molar-refractivity contribution in [2.75, 3.05) is 26.3 Å². The van der Waals surface area contributed by atoms with Crippen LogP contribution in [0.15, 0.2) is 0 Å². The monoisotopic (exact) mass is 266 g/mol. The fourth-order valence-electron chi connectivity index (χ4n) is 4.26. The molecule has 0 spiro atoms. The topological polar surface area (TPSA) is 33.3 Å². The molecule has 110 valence electrons. The van der Waals surface area contributed by atoms with E-state index in [1.165, 1.54) is 64.5 Å². The van der Waals surface area contributed by atoms with E-state index in [0.717, 1.165) is 37.1 Å². The lowest BCUT2D eigenvalue weighted by Crippen LogP contribution is -2.47. The quantitative estimate of drug-likeness (QED) is 0.801. The van der Waals surface area contributed by atoms with Gasteiger partial charge >= 0.3 is 0 Å². The number of hydrogen-bond donors (Lipinski definition) is 2. The Labute approximate surface area is 117 Å². The molecule has 2 heterocycles. The molecule has 1 saturated carbocycles. The van der Waals surface area contributed by atoms with Gasteiger partial charge in [-0.3, -0.25) is 0 Å². The van der Waals surface area contributed by atoms with Crippen LogP contribution in [0.2, 0.25) is 0 Å². The number of rotatable bonds is 5. The van der Waals surface area contributed by atoms with Crippen molar-refractivity contribution >= 4 is 0 Å². The molecular weight excluding hydrogens is 236 g/mol. The Kier molecular flexibility index (Phi) is 5.14. The molecule has 2 aliphatic heterocycles. The Morgan fingerprint density at radius 1 is 1.05 bits per heavy atom. The normalized spacial score (nSPS) is 39.8. The summed E-state index contributed by atoms with van der Waals surface area (Å²) in [6.45, 7) is 4.43. The van der Waals surface area contributed by atoms with Gasteiger partial charge in [0.05, 0.1) is 0 Å². The summed E-state index contributed by atoms with van der Waals surface area (Å²) in [7, 11) is 0. The summed E-state index contributed by atoms with van der Waals surface area (Å²) in [6, 6.07) is 1.57. The summed E-state index contributed by atoms with van der Waals surface area (Å²) in [5, 5.41) is 7.61. The first kappa shape index (κ1) is 13.8. The summed E-state index contributed by atoms with van der Waals surface area (Å²) >= 11 is 0. The minimum atomic E-state index is 0.770. The van der Waals surface area contributed by atoms with Gasteiger partial charge in [-0.05, 0) is 63.5 Å². The van der Waals surface area contributed by atoms with Gasteiger partial charge in [-0.25, -0.2) is 0 Å². The third-order valence-electron chi connectivity index (χ3n) is 5.42. The van der Waals surface area contributed by atoms with E-state index in [0.29, 0.717) is 0 Å². The molecule has 4 unspecified atom stereocenters. The van der Waals surface area contributed by atoms with E-state index < -0.39 is 0 Å². The predicted molar refractivity (Wildman–Crippen MR) is 78.3 cm³/mol. The van der Waals surface area contributed by atoms with Gasteiger partial charge in [0.2, 0.25) is 0 Å². The first-order chi connectivity index (χ1) is 9.43. The third-order valence-corrected chi connectivity index (χ3v) is 5.42. The maximum absolute atomic E-state index is 5.46. The first-order valence-corrected chi connectivity index (χ1v) is 8.48. The van der Waals surface area contributed by atoms with Crippen LogP contribution in [-0.4, -0.2) is 38.4 Å². The van der Waals surface area contributed by atoms with Crippen molar-refractivity contribution in [1.82, 2.24) is 10.6 Å². The van der Waals surface area contributed by atoms with Crippen LogP contribution in [-0.2, 0) is 4.74 Å². The van der Waals surface area contributed by atoms with E-state index in [1.807, 2.05) is 0 Å². The Hall–Kier alpha value is -0.120. The Balaban J connectivity index is 1.43. The van der Waals surface area contributed by atoms with E-state index in [-0.39, 0.29) is 0 Å². The Morgan fingerprint density at radius 2 is 2.00 bits per heavy atom. The summed E-state index contributed by atoms with van der Waals surface area (Å²) in [5.41, 5.74) is 0. The fourth-order valence-corrected chi connectivity index (χ4v) is 4.26. The molecule has 3 fully saturated rings. The van der Waals surface area contributed by atoms with Gasteiger partial charge < -0.3 is 15.4 Å². The lowest BCUT2D eigenvalue weighted by Gasteiger charge is -2.36. The molecule has 0 amide bonds. The minimum absolute atomic E-state index is 0.770. The maximum Gasteiger partial charge on any atom is 0.0495 e. The second kappa shape index (κ2) is 7.05. The standard InChI is InChI=1S/C16H30N2O/c1-2-5-15(14(4-1)16-6-3-9-17-16)18-10-7-13-8-11-19-12-13/h13-18H,1-12H2. The van der Waals surface area contributed by atoms with Crippen LogP contribution in [0.4, 0.5) is 0 Å².